The molecule has 0 saturated carbocycles. The molecule has 5 nitrogen and oxygen atoms in total. The molecule has 0 amide bonds. The summed E-state index contributed by atoms with van der Waals surface area (Å²) in [6.45, 7) is 0. The third kappa shape index (κ3) is 3.91. The van der Waals surface area contributed by atoms with Crippen molar-refractivity contribution in [2.45, 2.75) is 0 Å². The van der Waals surface area contributed by atoms with Gasteiger partial charge >= 0.3 is 0 Å². The average molecular weight is 191 g/mol. The molecule has 0 radical (unpaired) electrons. The van der Waals surface area contributed by atoms with Gasteiger partial charge in [0, 0.05) is 0 Å². The summed E-state index contributed by atoms with van der Waals surface area (Å²) in [5.41, 5.74) is 0. The summed E-state index contributed by atoms with van der Waals surface area (Å²) < 4.78 is 34.1. The lowest BCUT2D eigenvalue weighted by atomic mass is 10.3. The first-order valence-electron chi connectivity index (χ1n) is 2.78. The molecule has 6 heteroatoms. The van der Waals surface area contributed by atoms with Gasteiger partial charge in [0.05, 0.1) is 0 Å². The Morgan fingerprint density at radius 1 is 1.17 bits per heavy atom. The molecule has 1 aromatic carbocycles. The fourth-order valence-electron chi connectivity index (χ4n) is 0.594. The summed E-state index contributed by atoms with van der Waals surface area (Å²) >= 11 is 0. The fourth-order valence-corrected chi connectivity index (χ4v) is 0.941. The molecule has 12 heavy (non-hydrogen) atoms. The number of quaternary nitrogens is 1. The van der Waals surface area contributed by atoms with Gasteiger partial charge in [0.1, 0.15) is 5.75 Å². The summed E-state index contributed by atoms with van der Waals surface area (Å²) in [6.07, 6.45) is 0. The number of para-hydroxylation sites is 1. The van der Waals surface area contributed by atoms with Gasteiger partial charge in [-0.3, -0.25) is 0 Å². The maximum absolute atomic E-state index is 10.0. The van der Waals surface area contributed by atoms with E-state index >= 15 is 0 Å². The summed E-state index contributed by atoms with van der Waals surface area (Å²) in [4.78, 5) is 0. The highest BCUT2D eigenvalue weighted by molar-refractivity contribution is 7.81. The second-order valence-corrected chi connectivity index (χ2v) is 2.79. The van der Waals surface area contributed by atoms with E-state index in [9.17, 15) is 13.0 Å². The van der Waals surface area contributed by atoms with Crippen molar-refractivity contribution >= 4 is 10.4 Å². The number of rotatable bonds is 2. The Labute approximate surface area is 70.5 Å². The average Bonchev–Trinajstić information content (AvgIpc) is 1.85. The van der Waals surface area contributed by atoms with Gasteiger partial charge < -0.3 is 14.9 Å². The molecular formula is C6H9NO4S. The quantitative estimate of drug-likeness (QED) is 0.554. The topological polar surface area (TPSA) is 103 Å². The van der Waals surface area contributed by atoms with Crippen LogP contribution >= 0.6 is 0 Å². The fraction of sp³-hybridized carbons (Fsp3) is 0. The molecular weight excluding hydrogens is 182 g/mol. The summed E-state index contributed by atoms with van der Waals surface area (Å²) in [5, 5.41) is 0. The third-order valence-corrected chi connectivity index (χ3v) is 1.34. The van der Waals surface area contributed by atoms with Crippen molar-refractivity contribution in [3.05, 3.63) is 30.3 Å². The molecule has 0 saturated heterocycles. The van der Waals surface area contributed by atoms with Gasteiger partial charge in [0.15, 0.2) is 0 Å². The van der Waals surface area contributed by atoms with Crippen molar-refractivity contribution in [3.8, 4) is 5.75 Å². The number of benzene rings is 1. The van der Waals surface area contributed by atoms with Gasteiger partial charge in [0.2, 0.25) is 0 Å². The van der Waals surface area contributed by atoms with Gasteiger partial charge in [-0.15, -0.1) is 0 Å². The normalized spacial score (nSPS) is 10.1. The summed E-state index contributed by atoms with van der Waals surface area (Å²) in [7, 11) is -4.63. The van der Waals surface area contributed by atoms with E-state index in [0.29, 0.717) is 0 Å². The Balaban J connectivity index is 0.00000121. The van der Waals surface area contributed by atoms with E-state index in [1.54, 1.807) is 18.2 Å². The molecule has 4 N–H and O–H groups in total. The van der Waals surface area contributed by atoms with E-state index in [2.05, 4.69) is 4.18 Å². The van der Waals surface area contributed by atoms with E-state index in [4.69, 9.17) is 0 Å². The summed E-state index contributed by atoms with van der Waals surface area (Å²) in [6, 6.07) is 7.59. The molecule has 0 bridgehead atoms. The largest absolute Gasteiger partial charge is 0.716 e. The van der Waals surface area contributed by atoms with Crippen LogP contribution in [0.3, 0.4) is 0 Å². The maximum atomic E-state index is 10.0. The number of hydrogen-bond acceptors (Lipinski definition) is 4. The highest BCUT2D eigenvalue weighted by Gasteiger charge is 1.95. The van der Waals surface area contributed by atoms with Crippen LogP contribution in [-0.4, -0.2) is 13.0 Å². The van der Waals surface area contributed by atoms with Crippen LogP contribution in [0.15, 0.2) is 30.3 Å². The van der Waals surface area contributed by atoms with Crippen LogP contribution in [0.2, 0.25) is 0 Å². The van der Waals surface area contributed by atoms with Crippen LogP contribution < -0.4 is 10.3 Å². The Hall–Kier alpha value is -1.11. The predicted molar refractivity (Wildman–Crippen MR) is 42.8 cm³/mol. The third-order valence-electron chi connectivity index (χ3n) is 0.941. The lowest BCUT2D eigenvalue weighted by molar-refractivity contribution is 0.372. The SMILES string of the molecule is O=S(=O)([O-])Oc1ccccc1.[NH4+]. The van der Waals surface area contributed by atoms with Crippen LogP contribution in [-0.2, 0) is 10.4 Å². The van der Waals surface area contributed by atoms with Gasteiger partial charge in [-0.05, 0) is 12.1 Å². The lowest BCUT2D eigenvalue weighted by Crippen LogP contribution is -2.06. The van der Waals surface area contributed by atoms with Gasteiger partial charge in [-0.1, -0.05) is 18.2 Å². The zero-order valence-electron chi connectivity index (χ0n) is 6.43. The van der Waals surface area contributed by atoms with Crippen LogP contribution in [0.4, 0.5) is 0 Å². The minimum absolute atomic E-state index is 0. The van der Waals surface area contributed by atoms with Crippen LogP contribution in [0.5, 0.6) is 5.75 Å². The van der Waals surface area contributed by atoms with Crippen LogP contribution in [0.1, 0.15) is 0 Å². The van der Waals surface area contributed by atoms with E-state index in [1.165, 1.54) is 12.1 Å². The number of hydrogen-bond donors (Lipinski definition) is 1. The Morgan fingerprint density at radius 2 is 1.67 bits per heavy atom. The molecule has 0 atom stereocenters. The van der Waals surface area contributed by atoms with Crippen molar-refractivity contribution in [1.29, 1.82) is 0 Å². The van der Waals surface area contributed by atoms with Crippen molar-refractivity contribution in [3.63, 3.8) is 0 Å². The first-order valence-corrected chi connectivity index (χ1v) is 4.11. The molecule has 0 heterocycles. The Kier molecular flexibility index (Phi) is 3.68. The smallest absolute Gasteiger partial charge is 0.262 e. The maximum Gasteiger partial charge on any atom is 0.262 e. The van der Waals surface area contributed by atoms with Crippen molar-refractivity contribution < 1.29 is 17.2 Å². The van der Waals surface area contributed by atoms with Crippen molar-refractivity contribution in [2.75, 3.05) is 0 Å². The zero-order valence-corrected chi connectivity index (χ0v) is 7.24. The van der Waals surface area contributed by atoms with Gasteiger partial charge in [-0.25, -0.2) is 8.42 Å². The zero-order chi connectivity index (χ0) is 8.32. The molecule has 0 aliphatic carbocycles. The van der Waals surface area contributed by atoms with Gasteiger partial charge in [0.25, 0.3) is 10.4 Å². The monoisotopic (exact) mass is 191 g/mol. The minimum atomic E-state index is -4.63. The minimum Gasteiger partial charge on any atom is -0.716 e. The molecule has 0 aromatic heterocycles. The van der Waals surface area contributed by atoms with E-state index in [-0.39, 0.29) is 11.9 Å². The van der Waals surface area contributed by atoms with Gasteiger partial charge in [-0.2, -0.15) is 0 Å². The van der Waals surface area contributed by atoms with Crippen LogP contribution in [0.25, 0.3) is 0 Å². The molecule has 0 fully saturated rings. The van der Waals surface area contributed by atoms with E-state index in [0.717, 1.165) is 0 Å². The van der Waals surface area contributed by atoms with Crippen molar-refractivity contribution in [2.24, 2.45) is 0 Å². The molecule has 1 rings (SSSR count). The van der Waals surface area contributed by atoms with Crippen LogP contribution in [0, 0.1) is 0 Å². The van der Waals surface area contributed by atoms with Crippen molar-refractivity contribution in [1.82, 2.24) is 6.15 Å². The molecule has 0 spiro atoms. The van der Waals surface area contributed by atoms with E-state index in [1.807, 2.05) is 0 Å². The molecule has 0 aliphatic heterocycles. The molecule has 1 aromatic rings. The molecule has 68 valence electrons. The first-order chi connectivity index (χ1) is 5.08. The molecule has 0 unspecified atom stereocenters. The first kappa shape index (κ1) is 10.9. The second-order valence-electron chi connectivity index (χ2n) is 1.80. The molecule has 0 aliphatic rings. The summed E-state index contributed by atoms with van der Waals surface area (Å²) in [5.74, 6) is 0.0301. The highest BCUT2D eigenvalue weighted by atomic mass is 32.3. The second kappa shape index (κ2) is 4.05. The van der Waals surface area contributed by atoms with E-state index < -0.39 is 10.4 Å². The lowest BCUT2D eigenvalue weighted by Gasteiger charge is -2.07. The Morgan fingerprint density at radius 3 is 2.08 bits per heavy atom. The highest BCUT2D eigenvalue weighted by Crippen LogP contribution is 2.09. The Bertz CT molecular complexity index is 321. The standard InChI is InChI=1S/C6H6O4S.H3N/c7-11(8,9)10-6-4-2-1-3-5-6;/h1-5H,(H,7,8,9);1H3. The predicted octanol–water partition coefficient (Wildman–Crippen LogP) is 0.902.